The molecule has 0 aromatic heterocycles. The van der Waals surface area contributed by atoms with Gasteiger partial charge in [-0.2, -0.15) is 0 Å². The van der Waals surface area contributed by atoms with Crippen LogP contribution in [0.2, 0.25) is 0 Å². The van der Waals surface area contributed by atoms with Crippen molar-refractivity contribution in [2.75, 3.05) is 12.4 Å². The molecule has 0 fully saturated rings. The molecule has 0 aromatic rings. The first-order valence-corrected chi connectivity index (χ1v) is 4.90. The molecular formula is C5H12O2S2. The highest BCUT2D eigenvalue weighted by molar-refractivity contribution is 8.68. The Morgan fingerprint density at radius 3 is 2.67 bits per heavy atom. The molecular weight excluding hydrogens is 156 g/mol. The van der Waals surface area contributed by atoms with E-state index in [1.807, 2.05) is 0 Å². The first-order valence-electron chi connectivity index (χ1n) is 2.86. The van der Waals surface area contributed by atoms with Crippen molar-refractivity contribution in [3.05, 3.63) is 0 Å². The van der Waals surface area contributed by atoms with Gasteiger partial charge in [0.05, 0.1) is 6.10 Å². The third-order valence-electron chi connectivity index (χ3n) is 0.962. The van der Waals surface area contributed by atoms with Crippen molar-refractivity contribution in [2.45, 2.75) is 18.9 Å². The van der Waals surface area contributed by atoms with Crippen LogP contribution in [0.3, 0.4) is 0 Å². The lowest BCUT2D eigenvalue weighted by atomic mass is 10.2. The molecule has 0 saturated carbocycles. The second-order valence-electron chi connectivity index (χ2n) is 1.82. The summed E-state index contributed by atoms with van der Waals surface area (Å²) in [7, 11) is 1.32. The molecule has 0 amide bonds. The number of hydrogen-bond acceptors (Lipinski definition) is 4. The fraction of sp³-hybridized carbons (Fsp3) is 1.00. The summed E-state index contributed by atoms with van der Waals surface area (Å²) in [6, 6.07) is 0. The van der Waals surface area contributed by atoms with E-state index in [9.17, 15) is 0 Å². The maximum atomic E-state index is 9.00. The molecule has 0 bridgehead atoms. The third kappa shape index (κ3) is 6.51. The molecule has 0 rings (SSSR count). The lowest BCUT2D eigenvalue weighted by molar-refractivity contribution is 0.171. The van der Waals surface area contributed by atoms with Crippen LogP contribution in [0.1, 0.15) is 12.8 Å². The zero-order chi connectivity index (χ0) is 7.11. The lowest BCUT2D eigenvalue weighted by Gasteiger charge is -2.05. The minimum atomic E-state index is -0.306. The van der Waals surface area contributed by atoms with Gasteiger partial charge in [0.15, 0.2) is 0 Å². The third-order valence-corrected chi connectivity index (χ3v) is 1.94. The highest BCUT2D eigenvalue weighted by atomic mass is 33.1. The Morgan fingerprint density at radius 2 is 2.22 bits per heavy atom. The van der Waals surface area contributed by atoms with Gasteiger partial charge >= 0.3 is 0 Å². The van der Waals surface area contributed by atoms with Crippen LogP contribution in [-0.2, 0) is 0 Å². The van der Waals surface area contributed by atoms with Crippen LogP contribution < -0.4 is 0 Å². The normalized spacial score (nSPS) is 13.7. The number of thiol groups is 1. The average molecular weight is 168 g/mol. The smallest absolute Gasteiger partial charge is 0.0639 e. The highest BCUT2D eigenvalue weighted by Gasteiger charge is 2.00. The molecule has 0 spiro atoms. The van der Waals surface area contributed by atoms with Gasteiger partial charge in [0.2, 0.25) is 0 Å². The first-order chi connectivity index (χ1) is 4.31. The van der Waals surface area contributed by atoms with Gasteiger partial charge in [-0.15, -0.1) is 11.7 Å². The summed E-state index contributed by atoms with van der Waals surface area (Å²) in [5.74, 6) is 0.642. The summed E-state index contributed by atoms with van der Waals surface area (Å²) in [5, 5.41) is 17.3. The molecule has 2 N–H and O–H groups in total. The molecule has 0 saturated heterocycles. The van der Waals surface area contributed by atoms with E-state index in [4.69, 9.17) is 10.2 Å². The summed E-state index contributed by atoms with van der Waals surface area (Å²) >= 11 is 3.88. The maximum absolute atomic E-state index is 9.00. The minimum absolute atomic E-state index is 0.161. The zero-order valence-electron chi connectivity index (χ0n) is 5.16. The SMILES string of the molecule is OCCCC(O)CSS. The van der Waals surface area contributed by atoms with Gasteiger partial charge in [0.1, 0.15) is 0 Å². The van der Waals surface area contributed by atoms with E-state index >= 15 is 0 Å². The Morgan fingerprint density at radius 1 is 1.56 bits per heavy atom. The average Bonchev–Trinajstić information content (AvgIpc) is 1.85. The van der Waals surface area contributed by atoms with Crippen molar-refractivity contribution in [3.63, 3.8) is 0 Å². The summed E-state index contributed by atoms with van der Waals surface area (Å²) in [5.41, 5.74) is 0. The quantitative estimate of drug-likeness (QED) is 0.418. The standard InChI is InChI=1S/C5H12O2S2/c6-3-1-2-5(7)4-9-8/h5-8H,1-4H2. The van der Waals surface area contributed by atoms with Crippen molar-refractivity contribution in [1.29, 1.82) is 0 Å². The predicted molar refractivity (Wildman–Crippen MR) is 43.8 cm³/mol. The van der Waals surface area contributed by atoms with Gasteiger partial charge in [-0.05, 0) is 12.8 Å². The van der Waals surface area contributed by atoms with Crippen LogP contribution in [0.5, 0.6) is 0 Å². The molecule has 1 atom stereocenters. The number of aliphatic hydroxyl groups excluding tert-OH is 2. The fourth-order valence-electron chi connectivity index (χ4n) is 0.496. The Balaban J connectivity index is 2.95. The van der Waals surface area contributed by atoms with Crippen molar-refractivity contribution in [1.82, 2.24) is 0 Å². The first kappa shape index (κ1) is 9.62. The molecule has 1 unspecified atom stereocenters. The van der Waals surface area contributed by atoms with Crippen LogP contribution in [-0.4, -0.2) is 28.7 Å². The largest absolute Gasteiger partial charge is 0.396 e. The molecule has 0 aromatic carbocycles. The second-order valence-corrected chi connectivity index (χ2v) is 3.18. The van der Waals surface area contributed by atoms with Crippen LogP contribution in [0.25, 0.3) is 0 Å². The van der Waals surface area contributed by atoms with Crippen molar-refractivity contribution in [2.24, 2.45) is 0 Å². The molecule has 0 radical (unpaired) electrons. The molecule has 56 valence electrons. The van der Waals surface area contributed by atoms with Gasteiger partial charge in [0.25, 0.3) is 0 Å². The van der Waals surface area contributed by atoms with Crippen LogP contribution >= 0.6 is 22.5 Å². The van der Waals surface area contributed by atoms with E-state index in [1.165, 1.54) is 10.8 Å². The maximum Gasteiger partial charge on any atom is 0.0639 e. The zero-order valence-corrected chi connectivity index (χ0v) is 6.87. The Hall–Kier alpha value is 0.620. The van der Waals surface area contributed by atoms with Gasteiger partial charge < -0.3 is 10.2 Å². The Labute approximate surface area is 64.5 Å². The lowest BCUT2D eigenvalue weighted by Crippen LogP contribution is -2.09. The van der Waals surface area contributed by atoms with Gasteiger partial charge in [-0.25, -0.2) is 0 Å². The molecule has 0 aliphatic carbocycles. The van der Waals surface area contributed by atoms with E-state index in [2.05, 4.69) is 11.7 Å². The van der Waals surface area contributed by atoms with Crippen LogP contribution in [0.4, 0.5) is 0 Å². The van der Waals surface area contributed by atoms with Crippen molar-refractivity contribution >= 4 is 22.5 Å². The van der Waals surface area contributed by atoms with E-state index in [1.54, 1.807) is 0 Å². The number of hydrogen-bond donors (Lipinski definition) is 3. The molecule has 2 nitrogen and oxygen atoms in total. The Kier molecular flexibility index (Phi) is 7.20. The highest BCUT2D eigenvalue weighted by Crippen LogP contribution is 2.09. The van der Waals surface area contributed by atoms with E-state index < -0.39 is 0 Å². The van der Waals surface area contributed by atoms with E-state index in [-0.39, 0.29) is 12.7 Å². The van der Waals surface area contributed by atoms with Crippen LogP contribution in [0, 0.1) is 0 Å². The van der Waals surface area contributed by atoms with Crippen molar-refractivity contribution in [3.8, 4) is 0 Å². The van der Waals surface area contributed by atoms with E-state index in [0.717, 1.165) is 0 Å². The fourth-order valence-corrected chi connectivity index (χ4v) is 1.35. The number of rotatable bonds is 5. The minimum Gasteiger partial charge on any atom is -0.396 e. The monoisotopic (exact) mass is 168 g/mol. The van der Waals surface area contributed by atoms with Crippen molar-refractivity contribution < 1.29 is 10.2 Å². The van der Waals surface area contributed by atoms with Gasteiger partial charge in [-0.1, -0.05) is 10.8 Å². The summed E-state index contributed by atoms with van der Waals surface area (Å²) in [4.78, 5) is 0. The molecule has 0 aliphatic heterocycles. The van der Waals surface area contributed by atoms with Crippen LogP contribution in [0.15, 0.2) is 0 Å². The number of aliphatic hydroxyl groups is 2. The predicted octanol–water partition coefficient (Wildman–Crippen LogP) is 0.698. The summed E-state index contributed by atoms with van der Waals surface area (Å²) < 4.78 is 0. The Bertz CT molecular complexity index is 60.9. The molecule has 0 heterocycles. The molecule has 4 heteroatoms. The topological polar surface area (TPSA) is 40.5 Å². The molecule has 0 aliphatic rings. The summed E-state index contributed by atoms with van der Waals surface area (Å²) in [6.07, 6.45) is 1.04. The van der Waals surface area contributed by atoms with E-state index in [0.29, 0.717) is 18.6 Å². The molecule has 9 heavy (non-hydrogen) atoms. The van der Waals surface area contributed by atoms with Gasteiger partial charge in [0, 0.05) is 12.4 Å². The van der Waals surface area contributed by atoms with Gasteiger partial charge in [-0.3, -0.25) is 0 Å². The summed E-state index contributed by atoms with van der Waals surface area (Å²) in [6.45, 7) is 0.161. The second kappa shape index (κ2) is 6.74.